The molecule has 8 fully saturated rings. The zero-order valence-corrected chi connectivity index (χ0v) is 78.2. The summed E-state index contributed by atoms with van der Waals surface area (Å²) >= 11 is 0. The number of rotatable bonds is 25. The Morgan fingerprint density at radius 1 is 0.401 bits per heavy atom. The topological polar surface area (TPSA) is 343 Å². The van der Waals surface area contributed by atoms with Crippen molar-refractivity contribution in [1.29, 1.82) is 0 Å². The molecule has 4 amide bonds. The molecular weight excluding hydrogens is 1750 g/mol. The Bertz CT molecular complexity index is 6030. The van der Waals surface area contributed by atoms with Gasteiger partial charge in [0.05, 0.1) is 126 Å². The first-order chi connectivity index (χ1) is 66.5. The van der Waals surface area contributed by atoms with Gasteiger partial charge in [-0.3, -0.25) is 72.2 Å². The Morgan fingerprint density at radius 3 is 1.24 bits per heavy atom. The van der Waals surface area contributed by atoms with Gasteiger partial charge in [0.2, 0.25) is 0 Å². The lowest BCUT2D eigenvalue weighted by atomic mass is 9.89. The maximum Gasteiger partial charge on any atom is 0.255 e. The number of hydrogen-bond donors (Lipinski definition) is 0. The Morgan fingerprint density at radius 2 is 0.803 bits per heavy atom. The van der Waals surface area contributed by atoms with Gasteiger partial charge in [0.15, 0.2) is 28.9 Å². The second kappa shape index (κ2) is 43.0. The number of aromatic nitrogens is 3. The van der Waals surface area contributed by atoms with Crippen LogP contribution in [0, 0.1) is 11.8 Å². The van der Waals surface area contributed by atoms with E-state index < -0.39 is 24.2 Å². The summed E-state index contributed by atoms with van der Waals surface area (Å²) in [7, 11) is 0. The van der Waals surface area contributed by atoms with E-state index in [1.807, 2.05) is 60.8 Å². The highest BCUT2D eigenvalue weighted by atomic mass is 16.5. The van der Waals surface area contributed by atoms with Crippen molar-refractivity contribution in [3.8, 4) is 23.0 Å². The van der Waals surface area contributed by atoms with Gasteiger partial charge in [0.1, 0.15) is 84.0 Å². The van der Waals surface area contributed by atoms with Crippen LogP contribution in [0.2, 0.25) is 0 Å². The third-order valence-corrected chi connectivity index (χ3v) is 28.8. The van der Waals surface area contributed by atoms with E-state index in [0.29, 0.717) is 154 Å². The molecule has 4 aromatic heterocycles. The summed E-state index contributed by atoms with van der Waals surface area (Å²) in [6.45, 7) is 23.0. The molecule has 718 valence electrons. The molecule has 4 atom stereocenters. The minimum absolute atomic E-state index is 0.0352. The van der Waals surface area contributed by atoms with Crippen LogP contribution in [0.25, 0.3) is 5.65 Å². The first kappa shape index (κ1) is 94.8. The molecule has 21 rings (SSSR count). The van der Waals surface area contributed by atoms with Crippen molar-refractivity contribution in [2.24, 2.45) is 11.8 Å². The summed E-state index contributed by atoms with van der Waals surface area (Å²) in [6, 6.07) is 36.8. The quantitative estimate of drug-likeness (QED) is 0.0480. The predicted molar refractivity (Wildman–Crippen MR) is 499 cm³/mol. The minimum atomic E-state index is -0.538. The number of ketones is 8. The van der Waals surface area contributed by atoms with Crippen LogP contribution in [0.15, 0.2) is 149 Å². The number of piperidine rings is 2. The monoisotopic (exact) mass is 1870 g/mol. The Hall–Kier alpha value is -12.5. The van der Waals surface area contributed by atoms with Crippen LogP contribution in [-0.2, 0) is 126 Å². The normalized spacial score (nSPS) is 21.5. The van der Waals surface area contributed by atoms with Crippen molar-refractivity contribution in [2.75, 3.05) is 78.8 Å². The molecule has 4 unspecified atom stereocenters. The van der Waals surface area contributed by atoms with Crippen LogP contribution in [0.1, 0.15) is 232 Å². The van der Waals surface area contributed by atoms with Crippen LogP contribution in [0.4, 0.5) is 0 Å². The molecule has 9 aromatic rings. The average molecular weight is 1870 g/mol. The largest absolute Gasteiger partial charge is 0.489 e. The first-order valence-corrected chi connectivity index (χ1v) is 48.5. The van der Waals surface area contributed by atoms with Gasteiger partial charge in [0, 0.05) is 145 Å². The molecule has 0 bridgehead atoms. The number of nitrogens with zero attached hydrogens (tertiary/aromatic N) is 11. The molecule has 4 saturated carbocycles. The molecule has 12 aliphatic rings. The van der Waals surface area contributed by atoms with Crippen molar-refractivity contribution in [2.45, 2.75) is 232 Å². The van der Waals surface area contributed by atoms with Gasteiger partial charge in [-0.05, 0) is 181 Å². The van der Waals surface area contributed by atoms with E-state index in [0.717, 1.165) is 160 Å². The lowest BCUT2D eigenvalue weighted by molar-refractivity contribution is -0.134. The van der Waals surface area contributed by atoms with E-state index in [2.05, 4.69) is 85.4 Å². The highest BCUT2D eigenvalue weighted by Gasteiger charge is 2.45. The van der Waals surface area contributed by atoms with Gasteiger partial charge in [-0.1, -0.05) is 66.7 Å². The lowest BCUT2D eigenvalue weighted by Crippen LogP contribution is -2.44. The number of ether oxygens (including phenoxy) is 6. The lowest BCUT2D eigenvalue weighted by Gasteiger charge is -2.34. The number of carbonyl (C=O) groups excluding carboxylic acids is 12. The van der Waals surface area contributed by atoms with E-state index in [1.165, 1.54) is 44.3 Å². The van der Waals surface area contributed by atoms with Gasteiger partial charge in [-0.15, -0.1) is 0 Å². The first-order valence-electron chi connectivity index (χ1n) is 48.5. The molecule has 0 N–H and O–H groups in total. The molecule has 4 saturated heterocycles. The third kappa shape index (κ3) is 22.4. The summed E-state index contributed by atoms with van der Waals surface area (Å²) in [5, 5.41) is 4.19. The van der Waals surface area contributed by atoms with E-state index in [4.69, 9.17) is 37.4 Å². The fourth-order valence-electron chi connectivity index (χ4n) is 20.8. The van der Waals surface area contributed by atoms with Crippen molar-refractivity contribution >= 4 is 75.5 Å². The molecule has 0 spiro atoms. The molecule has 0 radical (unpaired) electrons. The number of benzene rings is 5. The number of likely N-dealkylation sites (tertiary alicyclic amines) is 2. The third-order valence-electron chi connectivity index (χ3n) is 28.8. The molecule has 31 nitrogen and oxygen atoms in total. The maximum atomic E-state index is 13.1. The van der Waals surface area contributed by atoms with Crippen LogP contribution in [-0.4, -0.2) is 233 Å². The predicted octanol–water partition coefficient (Wildman–Crippen LogP) is 12.4. The van der Waals surface area contributed by atoms with Crippen LogP contribution in [0.5, 0.6) is 23.0 Å². The van der Waals surface area contributed by atoms with E-state index in [9.17, 15) is 57.5 Å². The molecule has 12 heterocycles. The summed E-state index contributed by atoms with van der Waals surface area (Å²) in [4.78, 5) is 169. The number of Topliss-reactive ketones (excluding diaryl/α,β-unsaturated/α-hetero) is 8. The average Bonchev–Trinajstić information content (AvgIpc) is 1.60. The van der Waals surface area contributed by atoms with Gasteiger partial charge in [0.25, 0.3) is 23.6 Å². The van der Waals surface area contributed by atoms with Crippen LogP contribution >= 0.6 is 0 Å². The van der Waals surface area contributed by atoms with Crippen molar-refractivity contribution in [3.05, 3.63) is 230 Å². The van der Waals surface area contributed by atoms with Gasteiger partial charge < -0.3 is 66.3 Å². The van der Waals surface area contributed by atoms with Crippen molar-refractivity contribution in [1.82, 2.24) is 53.7 Å². The molecular formula is C106H119N11O20. The number of fused-ring (bicyclic) bond motifs is 5. The van der Waals surface area contributed by atoms with Crippen LogP contribution in [0.3, 0.4) is 0 Å². The number of imidazole rings is 1. The number of carbonyl (C=O) groups is 12. The zero-order valence-electron chi connectivity index (χ0n) is 78.2. The standard InChI is InChI=1S/C30H36N2O4.C27H28N4O5.C25H29N3O5.C24H26N2O6/c1-20(2)31-14-12-22(13-15-31)16-21-6-8-23(9-7-21)19-36-29-5-3-4-25-26(29)18-32(30(25)35)27-11-10-24(33)17-28(27)34;32-20-5-6-23(24(33)12-20)31-16-22-21(27(31)34)2-1-3-25(22)36-17-18-4-7-26-28-13-19(30(26)14-18)15-29-8-10-35-11-9-29;1-16-7-9-27(10-8-16)13-17-11-19(33-26-17)15-32-24-4-2-3-20-21(24)14-28(25(20)31)22-6-5-18(29)12-23(22)30;27-17-4-5-21(22(28)11-17)26-13-20-19(24(26)29)2-1-3-23(20)32-15-18-10-16(14-31-18)12-25-6-8-30-9-7-25/h3-9,20,22,27H,10-19H2,1-2H3;1-4,7,13-14,23H,5-6,8-12,15-17H2;2-4,11,16,22H,5-10,12-15H2,1H3;1-3,10,14,21H,4-9,11-13,15H2. The Labute approximate surface area is 795 Å². The fraction of sp³-hybridized carbons (Fsp3) is 0.472. The second-order valence-electron chi connectivity index (χ2n) is 38.5. The number of furan rings is 1. The van der Waals surface area contributed by atoms with E-state index >= 15 is 0 Å². The number of hydrogen-bond acceptors (Lipinski definition) is 26. The second-order valence-corrected chi connectivity index (χ2v) is 38.5. The number of pyridine rings is 1. The number of amides is 4. The van der Waals surface area contributed by atoms with E-state index in [-0.39, 0.29) is 109 Å². The molecule has 5 aromatic carbocycles. The van der Waals surface area contributed by atoms with Crippen molar-refractivity contribution in [3.63, 3.8) is 0 Å². The molecule has 4 aliphatic carbocycles. The summed E-state index contributed by atoms with van der Waals surface area (Å²) in [5.41, 5.74) is 12.9. The zero-order chi connectivity index (χ0) is 94.9. The molecule has 8 aliphatic heterocycles. The molecule has 137 heavy (non-hydrogen) atoms. The molecule has 31 heteroatoms. The smallest absolute Gasteiger partial charge is 0.255 e. The summed E-state index contributed by atoms with van der Waals surface area (Å²) in [5.74, 6) is 3.91. The van der Waals surface area contributed by atoms with Gasteiger partial charge in [-0.2, -0.15) is 0 Å². The SMILES string of the molecule is CC(C)N1CCC(Cc2ccc(COc3cccc4c3CN(C3CCC(=O)CC3=O)C4=O)cc2)CC1.CC1CCN(Cc2cc(COc3cccc4c3CN(C3CCC(=O)CC3=O)C4=O)on2)CC1.O=C1CCC(N2Cc3c(OCc4cc(CN5CCOCC5)co4)cccc3C2=O)C(=O)C1.O=C1CCC(N2Cc3c(OCc4ccc5ncc(CN6CCOCC6)n5c4)cccc3C2=O)C(=O)C1. The minimum Gasteiger partial charge on any atom is -0.489 e. The Kier molecular flexibility index (Phi) is 29.8. The highest BCUT2D eigenvalue weighted by molar-refractivity contribution is 6.11. The Balaban J connectivity index is 0.000000122. The number of morpholine rings is 2. The summed E-state index contributed by atoms with van der Waals surface area (Å²) < 4.78 is 48.5. The fourth-order valence-corrected chi connectivity index (χ4v) is 20.8. The summed E-state index contributed by atoms with van der Waals surface area (Å²) in [6.07, 6.45) is 14.4. The van der Waals surface area contributed by atoms with Gasteiger partial charge >= 0.3 is 0 Å². The van der Waals surface area contributed by atoms with Gasteiger partial charge in [-0.25, -0.2) is 4.98 Å². The highest BCUT2D eigenvalue weighted by Crippen LogP contribution is 2.41. The van der Waals surface area contributed by atoms with Crippen molar-refractivity contribution < 1.29 is 94.9 Å². The van der Waals surface area contributed by atoms with Crippen LogP contribution < -0.4 is 18.9 Å². The van der Waals surface area contributed by atoms with E-state index in [1.54, 1.807) is 68.3 Å². The maximum absolute atomic E-state index is 13.1.